The maximum Gasteiger partial charge on any atom is 0.0339 e. The highest BCUT2D eigenvalue weighted by Crippen LogP contribution is 2.02. The highest BCUT2D eigenvalue weighted by molar-refractivity contribution is 5.19. The van der Waals surface area contributed by atoms with Crippen LogP contribution in [0.2, 0.25) is 0 Å². The van der Waals surface area contributed by atoms with Gasteiger partial charge in [-0.25, -0.2) is 0 Å². The van der Waals surface area contributed by atoms with Gasteiger partial charge in [0, 0.05) is 11.9 Å². The van der Waals surface area contributed by atoms with Crippen LogP contribution in [0.1, 0.15) is 20.8 Å². The molecule has 0 saturated heterocycles. The van der Waals surface area contributed by atoms with Gasteiger partial charge in [-0.05, 0) is 18.1 Å². The number of hydrogen-bond acceptors (Lipinski definition) is 1. The second-order valence-electron chi connectivity index (χ2n) is 2.66. The summed E-state index contributed by atoms with van der Waals surface area (Å²) >= 11 is 0. The van der Waals surface area contributed by atoms with E-state index < -0.39 is 0 Å². The molecular weight excluding hydrogens is 182 g/mol. The normalized spacial score (nSPS) is 12.3. The van der Waals surface area contributed by atoms with E-state index in [1.807, 2.05) is 38.3 Å². The Morgan fingerprint density at radius 3 is 2.20 bits per heavy atom. The lowest BCUT2D eigenvalue weighted by Crippen LogP contribution is -2.03. The van der Waals surface area contributed by atoms with Gasteiger partial charge in [0.1, 0.15) is 0 Å². The third-order valence-electron chi connectivity index (χ3n) is 1.52. The molecule has 0 bridgehead atoms. The van der Waals surface area contributed by atoms with Crippen molar-refractivity contribution in [2.75, 3.05) is 0 Å². The highest BCUT2D eigenvalue weighted by atomic mass is 14.8. The predicted molar refractivity (Wildman–Crippen MR) is 71.5 cm³/mol. The van der Waals surface area contributed by atoms with Gasteiger partial charge in [-0.2, -0.15) is 0 Å². The minimum atomic E-state index is 0.345. The smallest absolute Gasteiger partial charge is 0.0339 e. The molecule has 0 aliphatic heterocycles. The Balaban J connectivity index is 0. The molecule has 0 aromatic rings. The van der Waals surface area contributed by atoms with Crippen LogP contribution in [0, 0.1) is 5.92 Å². The molecule has 1 heteroatoms. The van der Waals surface area contributed by atoms with Gasteiger partial charge in [0.25, 0.3) is 0 Å². The number of nitrogens with one attached hydrogen (secondary N) is 1. The Morgan fingerprint density at radius 2 is 1.80 bits per heavy atom. The lowest BCUT2D eigenvalue weighted by atomic mass is 10.1. The number of rotatable bonds is 6. The van der Waals surface area contributed by atoms with Crippen molar-refractivity contribution >= 4 is 0 Å². The Bertz CT molecular complexity index is 234. The van der Waals surface area contributed by atoms with E-state index >= 15 is 0 Å². The maximum atomic E-state index is 3.70. The fraction of sp³-hybridized carbons (Fsp3) is 0.286. The van der Waals surface area contributed by atoms with E-state index in [1.54, 1.807) is 12.2 Å². The van der Waals surface area contributed by atoms with E-state index in [9.17, 15) is 0 Å². The molecule has 1 atom stereocenters. The first-order chi connectivity index (χ1) is 7.24. The lowest BCUT2D eigenvalue weighted by molar-refractivity contribution is 0.913. The Hall–Kier alpha value is -1.50. The summed E-state index contributed by atoms with van der Waals surface area (Å²) in [7, 11) is 0. The van der Waals surface area contributed by atoms with Crippen molar-refractivity contribution in [3.63, 3.8) is 0 Å². The third kappa shape index (κ3) is 10.4. The molecule has 0 spiro atoms. The average molecular weight is 205 g/mol. The SMILES string of the molecule is C=C/C=C/NC(C=C)=CC(C)C=C.CC. The van der Waals surface area contributed by atoms with Crippen LogP contribution < -0.4 is 5.32 Å². The molecule has 0 aromatic heterocycles. The van der Waals surface area contributed by atoms with Crippen LogP contribution in [0.5, 0.6) is 0 Å². The standard InChI is InChI=1S/C12H17N.C2H6/c1-5-8-9-13-12(7-3)10-11(4)6-2;1-2/h5-11,13H,1-3H2,4H3;1-2H3/b9-8+,12-10?;. The lowest BCUT2D eigenvalue weighted by Gasteiger charge is -2.03. The van der Waals surface area contributed by atoms with Crippen molar-refractivity contribution < 1.29 is 0 Å². The summed E-state index contributed by atoms with van der Waals surface area (Å²) < 4.78 is 0. The minimum Gasteiger partial charge on any atom is -0.362 e. The molecule has 0 aliphatic rings. The predicted octanol–water partition coefficient (Wildman–Crippen LogP) is 4.19. The van der Waals surface area contributed by atoms with Crippen molar-refractivity contribution in [1.29, 1.82) is 0 Å². The summed E-state index contributed by atoms with van der Waals surface area (Å²) in [5.74, 6) is 0.345. The van der Waals surface area contributed by atoms with Crippen LogP contribution in [0.3, 0.4) is 0 Å². The molecule has 0 aromatic carbocycles. The Morgan fingerprint density at radius 1 is 1.20 bits per heavy atom. The summed E-state index contributed by atoms with van der Waals surface area (Å²) in [6.45, 7) is 17.0. The first-order valence-corrected chi connectivity index (χ1v) is 5.25. The molecule has 0 saturated carbocycles. The molecular formula is C14H23N. The maximum absolute atomic E-state index is 3.70. The highest BCUT2D eigenvalue weighted by Gasteiger charge is 1.91. The first-order valence-electron chi connectivity index (χ1n) is 5.25. The van der Waals surface area contributed by atoms with Gasteiger partial charge in [-0.3, -0.25) is 0 Å². The molecule has 1 nitrogen and oxygen atoms in total. The summed E-state index contributed by atoms with van der Waals surface area (Å²) in [5, 5.41) is 3.08. The summed E-state index contributed by atoms with van der Waals surface area (Å²) in [6.07, 6.45) is 11.1. The van der Waals surface area contributed by atoms with E-state index in [0.29, 0.717) is 5.92 Å². The molecule has 0 fully saturated rings. The van der Waals surface area contributed by atoms with Crippen LogP contribution in [-0.2, 0) is 0 Å². The Labute approximate surface area is 94.6 Å². The molecule has 15 heavy (non-hydrogen) atoms. The van der Waals surface area contributed by atoms with E-state index in [0.717, 1.165) is 5.70 Å². The van der Waals surface area contributed by atoms with Gasteiger partial charge >= 0.3 is 0 Å². The first kappa shape index (κ1) is 15.9. The zero-order valence-corrected chi connectivity index (χ0v) is 10.2. The number of allylic oxidation sites excluding steroid dienone is 5. The molecule has 0 aliphatic carbocycles. The Kier molecular flexibility index (Phi) is 13.3. The summed E-state index contributed by atoms with van der Waals surface area (Å²) in [5.41, 5.74) is 0.977. The van der Waals surface area contributed by atoms with Crippen LogP contribution in [0.25, 0.3) is 0 Å². The minimum absolute atomic E-state index is 0.345. The summed E-state index contributed by atoms with van der Waals surface area (Å²) in [6, 6.07) is 0. The zero-order valence-electron chi connectivity index (χ0n) is 10.2. The van der Waals surface area contributed by atoms with Crippen molar-refractivity contribution in [1.82, 2.24) is 5.32 Å². The molecule has 0 heterocycles. The largest absolute Gasteiger partial charge is 0.362 e. The topological polar surface area (TPSA) is 12.0 Å². The molecule has 0 rings (SSSR count). The van der Waals surface area contributed by atoms with Crippen LogP contribution >= 0.6 is 0 Å². The molecule has 0 radical (unpaired) electrons. The van der Waals surface area contributed by atoms with Crippen LogP contribution in [-0.4, -0.2) is 0 Å². The van der Waals surface area contributed by atoms with Gasteiger partial charge in [0.15, 0.2) is 0 Å². The van der Waals surface area contributed by atoms with Crippen molar-refractivity contribution in [2.45, 2.75) is 20.8 Å². The van der Waals surface area contributed by atoms with Gasteiger partial charge < -0.3 is 5.32 Å². The monoisotopic (exact) mass is 205 g/mol. The van der Waals surface area contributed by atoms with Crippen molar-refractivity contribution in [2.24, 2.45) is 5.92 Å². The third-order valence-corrected chi connectivity index (χ3v) is 1.52. The number of hydrogen-bond donors (Lipinski definition) is 1. The van der Waals surface area contributed by atoms with E-state index in [-0.39, 0.29) is 0 Å². The van der Waals surface area contributed by atoms with E-state index in [4.69, 9.17) is 0 Å². The summed E-state index contributed by atoms with van der Waals surface area (Å²) in [4.78, 5) is 0. The quantitative estimate of drug-likeness (QED) is 0.506. The van der Waals surface area contributed by atoms with Crippen LogP contribution in [0.4, 0.5) is 0 Å². The second-order valence-corrected chi connectivity index (χ2v) is 2.66. The molecule has 0 amide bonds. The van der Waals surface area contributed by atoms with Crippen molar-refractivity contribution in [3.8, 4) is 0 Å². The average Bonchev–Trinajstić information content (AvgIpc) is 2.30. The van der Waals surface area contributed by atoms with E-state index in [1.165, 1.54) is 0 Å². The van der Waals surface area contributed by atoms with Crippen molar-refractivity contribution in [3.05, 3.63) is 62.0 Å². The second kappa shape index (κ2) is 12.5. The molecule has 1 N–H and O–H groups in total. The van der Waals surface area contributed by atoms with E-state index in [2.05, 4.69) is 32.0 Å². The fourth-order valence-corrected chi connectivity index (χ4v) is 0.739. The zero-order chi connectivity index (χ0) is 12.1. The fourth-order valence-electron chi connectivity index (χ4n) is 0.739. The van der Waals surface area contributed by atoms with Gasteiger partial charge in [0.2, 0.25) is 0 Å². The van der Waals surface area contributed by atoms with Gasteiger partial charge in [-0.1, -0.05) is 52.2 Å². The van der Waals surface area contributed by atoms with Gasteiger partial charge in [0.05, 0.1) is 0 Å². The van der Waals surface area contributed by atoms with Gasteiger partial charge in [-0.15, -0.1) is 6.58 Å². The molecule has 1 unspecified atom stereocenters. The van der Waals surface area contributed by atoms with Crippen LogP contribution in [0.15, 0.2) is 62.0 Å². The molecule has 84 valence electrons.